The van der Waals surface area contributed by atoms with Crippen LogP contribution < -0.4 is 4.90 Å². The number of aliphatic hydroxyl groups is 1. The zero-order chi connectivity index (χ0) is 19.9. The van der Waals surface area contributed by atoms with E-state index in [0.29, 0.717) is 5.56 Å². The van der Waals surface area contributed by atoms with Crippen molar-refractivity contribution in [2.45, 2.75) is 45.1 Å². The topological polar surface area (TPSA) is 77.8 Å². The fourth-order valence-electron chi connectivity index (χ4n) is 3.20. The standard InChI is InChI=1S/C22H29NO4/c1-3-5-15-23(16-6-4-2)18-12-10-17(11-13-18)20(24)19-9-7-8-14-22(19,27)21(25)26/h7-14,19,27H,3-6,15-16H2,1-2H3,(H,25,26). The summed E-state index contributed by atoms with van der Waals surface area (Å²) in [6.45, 7) is 6.27. The summed E-state index contributed by atoms with van der Waals surface area (Å²) in [6.07, 6.45) is 10.1. The Bertz CT molecular complexity index is 700. The average Bonchev–Trinajstić information content (AvgIpc) is 2.68. The summed E-state index contributed by atoms with van der Waals surface area (Å²) in [5.74, 6) is -2.97. The molecule has 2 rings (SSSR count). The minimum atomic E-state index is -2.21. The van der Waals surface area contributed by atoms with Gasteiger partial charge in [-0.3, -0.25) is 4.79 Å². The van der Waals surface area contributed by atoms with Crippen LogP contribution >= 0.6 is 0 Å². The first kappa shape index (κ1) is 20.9. The van der Waals surface area contributed by atoms with Crippen LogP contribution in [0, 0.1) is 5.92 Å². The molecule has 1 aliphatic rings. The Hall–Kier alpha value is -2.40. The van der Waals surface area contributed by atoms with Crippen LogP contribution in [0.15, 0.2) is 48.6 Å². The number of carboxylic acids is 1. The van der Waals surface area contributed by atoms with Crippen LogP contribution in [0.5, 0.6) is 0 Å². The van der Waals surface area contributed by atoms with Gasteiger partial charge in [-0.2, -0.15) is 0 Å². The Morgan fingerprint density at radius 3 is 2.15 bits per heavy atom. The number of carboxylic acid groups (broad SMARTS) is 1. The Morgan fingerprint density at radius 1 is 1.04 bits per heavy atom. The number of carbonyl (C=O) groups excluding carboxylic acids is 1. The van der Waals surface area contributed by atoms with Crippen molar-refractivity contribution in [3.8, 4) is 0 Å². The molecule has 1 aliphatic carbocycles. The highest BCUT2D eigenvalue weighted by atomic mass is 16.4. The van der Waals surface area contributed by atoms with Gasteiger partial charge >= 0.3 is 5.97 Å². The molecule has 27 heavy (non-hydrogen) atoms. The molecule has 0 radical (unpaired) electrons. The number of carbonyl (C=O) groups is 2. The summed E-state index contributed by atoms with van der Waals surface area (Å²) in [5, 5.41) is 19.8. The van der Waals surface area contributed by atoms with Crippen LogP contribution in [0.25, 0.3) is 0 Å². The molecule has 0 bridgehead atoms. The van der Waals surface area contributed by atoms with Crippen LogP contribution in [-0.4, -0.2) is 40.7 Å². The maximum Gasteiger partial charge on any atom is 0.340 e. The SMILES string of the molecule is CCCCN(CCCC)c1ccc(C(=O)C2C=CC=CC2(O)C(=O)O)cc1. The van der Waals surface area contributed by atoms with Crippen molar-refractivity contribution in [1.29, 1.82) is 0 Å². The first-order chi connectivity index (χ1) is 12.9. The van der Waals surface area contributed by atoms with Gasteiger partial charge in [0, 0.05) is 24.3 Å². The molecule has 2 N–H and O–H groups in total. The predicted molar refractivity (Wildman–Crippen MR) is 107 cm³/mol. The number of anilines is 1. The first-order valence-corrected chi connectivity index (χ1v) is 9.65. The molecule has 2 atom stereocenters. The summed E-state index contributed by atoms with van der Waals surface area (Å²) in [6, 6.07) is 7.25. The van der Waals surface area contributed by atoms with E-state index in [2.05, 4.69) is 18.7 Å². The largest absolute Gasteiger partial charge is 0.479 e. The number of unbranched alkanes of at least 4 members (excludes halogenated alkanes) is 2. The van der Waals surface area contributed by atoms with E-state index in [-0.39, 0.29) is 0 Å². The van der Waals surface area contributed by atoms with Crippen LogP contribution in [0.4, 0.5) is 5.69 Å². The molecule has 146 valence electrons. The van der Waals surface area contributed by atoms with Gasteiger partial charge in [0.2, 0.25) is 0 Å². The normalized spacial score (nSPS) is 21.2. The number of hydrogen-bond acceptors (Lipinski definition) is 4. The molecule has 0 fully saturated rings. The van der Waals surface area contributed by atoms with Crippen LogP contribution in [-0.2, 0) is 4.79 Å². The number of benzene rings is 1. The molecule has 2 unspecified atom stereocenters. The lowest BCUT2D eigenvalue weighted by Crippen LogP contribution is -2.47. The number of nitrogens with zero attached hydrogens (tertiary/aromatic N) is 1. The van der Waals surface area contributed by atoms with E-state index in [1.54, 1.807) is 18.2 Å². The molecular formula is C22H29NO4. The number of aliphatic carboxylic acids is 1. The zero-order valence-electron chi connectivity index (χ0n) is 16.1. The Labute approximate surface area is 161 Å². The summed E-state index contributed by atoms with van der Waals surface area (Å²) in [5.41, 5.74) is -0.756. The summed E-state index contributed by atoms with van der Waals surface area (Å²) >= 11 is 0. The molecular weight excluding hydrogens is 342 g/mol. The van der Waals surface area contributed by atoms with Gasteiger partial charge in [-0.15, -0.1) is 0 Å². The molecule has 0 saturated heterocycles. The number of Topliss-reactive ketones (excluding diaryl/α,β-unsaturated/α-hetero) is 1. The third kappa shape index (κ3) is 4.86. The predicted octanol–water partition coefficient (Wildman–Crippen LogP) is 3.83. The fourth-order valence-corrected chi connectivity index (χ4v) is 3.20. The summed E-state index contributed by atoms with van der Waals surface area (Å²) in [4.78, 5) is 26.6. The number of rotatable bonds is 10. The highest BCUT2D eigenvalue weighted by Gasteiger charge is 2.45. The Balaban J connectivity index is 2.20. The number of ketones is 1. The van der Waals surface area contributed by atoms with Crippen molar-refractivity contribution in [2.75, 3.05) is 18.0 Å². The zero-order valence-corrected chi connectivity index (χ0v) is 16.1. The highest BCUT2D eigenvalue weighted by Crippen LogP contribution is 2.29. The molecule has 0 heterocycles. The monoisotopic (exact) mass is 371 g/mol. The molecule has 5 nitrogen and oxygen atoms in total. The lowest BCUT2D eigenvalue weighted by Gasteiger charge is -2.29. The van der Waals surface area contributed by atoms with Crippen molar-refractivity contribution in [3.05, 3.63) is 54.1 Å². The van der Waals surface area contributed by atoms with E-state index >= 15 is 0 Å². The van der Waals surface area contributed by atoms with Crippen molar-refractivity contribution >= 4 is 17.4 Å². The van der Waals surface area contributed by atoms with E-state index < -0.39 is 23.3 Å². The van der Waals surface area contributed by atoms with Crippen molar-refractivity contribution in [3.63, 3.8) is 0 Å². The smallest absolute Gasteiger partial charge is 0.340 e. The van der Waals surface area contributed by atoms with E-state index in [1.807, 2.05) is 12.1 Å². The Morgan fingerprint density at radius 2 is 1.63 bits per heavy atom. The van der Waals surface area contributed by atoms with Crippen molar-refractivity contribution in [2.24, 2.45) is 5.92 Å². The minimum absolute atomic E-state index is 0.398. The van der Waals surface area contributed by atoms with Crippen LogP contribution in [0.2, 0.25) is 0 Å². The summed E-state index contributed by atoms with van der Waals surface area (Å²) < 4.78 is 0. The average molecular weight is 371 g/mol. The maximum atomic E-state index is 12.8. The summed E-state index contributed by atoms with van der Waals surface area (Å²) in [7, 11) is 0. The number of allylic oxidation sites excluding steroid dienone is 2. The molecule has 0 amide bonds. The molecule has 5 heteroatoms. The second-order valence-corrected chi connectivity index (χ2v) is 6.96. The van der Waals surface area contributed by atoms with Crippen molar-refractivity contribution in [1.82, 2.24) is 0 Å². The third-order valence-electron chi connectivity index (χ3n) is 4.94. The second-order valence-electron chi connectivity index (χ2n) is 6.96. The van der Waals surface area contributed by atoms with Gasteiger partial charge in [0.05, 0.1) is 5.92 Å². The van der Waals surface area contributed by atoms with Gasteiger partial charge in [0.25, 0.3) is 0 Å². The second kappa shape index (κ2) is 9.51. The molecule has 1 aromatic carbocycles. The molecule has 0 spiro atoms. The number of hydrogen-bond donors (Lipinski definition) is 2. The quantitative estimate of drug-likeness (QED) is 0.611. The van der Waals surface area contributed by atoms with Gasteiger partial charge < -0.3 is 15.1 Å². The Kier molecular flexibility index (Phi) is 7.36. The van der Waals surface area contributed by atoms with Crippen molar-refractivity contribution < 1.29 is 19.8 Å². The highest BCUT2D eigenvalue weighted by molar-refractivity contribution is 6.04. The molecule has 1 aromatic rings. The fraction of sp³-hybridized carbons (Fsp3) is 0.455. The maximum absolute atomic E-state index is 12.8. The van der Waals surface area contributed by atoms with Crippen LogP contribution in [0.1, 0.15) is 49.9 Å². The molecule has 0 aliphatic heterocycles. The lowest BCUT2D eigenvalue weighted by molar-refractivity contribution is -0.155. The van der Waals surface area contributed by atoms with E-state index in [4.69, 9.17) is 0 Å². The minimum Gasteiger partial charge on any atom is -0.479 e. The van der Waals surface area contributed by atoms with Gasteiger partial charge in [0.15, 0.2) is 11.4 Å². The van der Waals surface area contributed by atoms with Gasteiger partial charge in [-0.1, -0.05) is 44.9 Å². The lowest BCUT2D eigenvalue weighted by atomic mass is 9.79. The third-order valence-corrected chi connectivity index (χ3v) is 4.94. The van der Waals surface area contributed by atoms with Gasteiger partial charge in [-0.25, -0.2) is 4.79 Å². The van der Waals surface area contributed by atoms with Gasteiger partial charge in [-0.05, 0) is 43.2 Å². The molecule has 0 saturated carbocycles. The van der Waals surface area contributed by atoms with Gasteiger partial charge in [0.1, 0.15) is 0 Å². The van der Waals surface area contributed by atoms with E-state index in [0.717, 1.165) is 50.5 Å². The van der Waals surface area contributed by atoms with E-state index in [1.165, 1.54) is 12.2 Å². The first-order valence-electron chi connectivity index (χ1n) is 9.65. The molecule has 0 aromatic heterocycles. The van der Waals surface area contributed by atoms with E-state index in [9.17, 15) is 19.8 Å². The van der Waals surface area contributed by atoms with Crippen LogP contribution in [0.3, 0.4) is 0 Å².